The molecule has 0 saturated carbocycles. The second-order valence-electron chi connectivity index (χ2n) is 6.57. The van der Waals surface area contributed by atoms with Gasteiger partial charge in [-0.1, -0.05) is 6.07 Å². The number of aromatic nitrogens is 7. The Kier molecular flexibility index (Phi) is 3.96. The molecular weight excluding hydrogens is 388 g/mol. The molecule has 0 radical (unpaired) electrons. The highest BCUT2D eigenvalue weighted by atomic mass is 32.1. The number of hydrogen-bond donors (Lipinski definition) is 1. The third-order valence-electron chi connectivity index (χ3n) is 4.70. The van der Waals surface area contributed by atoms with Gasteiger partial charge in [0.15, 0.2) is 5.65 Å². The number of thiazole rings is 1. The number of aryl methyl sites for hydroxylation is 1. The fourth-order valence-corrected chi connectivity index (χ4v) is 4.48. The number of hydrogen-bond acceptors (Lipinski definition) is 7. The maximum absolute atomic E-state index is 13.1. The molecule has 5 heterocycles. The average molecular weight is 402 g/mol. The summed E-state index contributed by atoms with van der Waals surface area (Å²) in [6.45, 7) is 0.196. The first-order valence-corrected chi connectivity index (χ1v) is 9.64. The van der Waals surface area contributed by atoms with E-state index in [-0.39, 0.29) is 12.1 Å². The number of nitriles is 1. The zero-order valence-electron chi connectivity index (χ0n) is 15.3. The first-order chi connectivity index (χ1) is 14.1. The van der Waals surface area contributed by atoms with Crippen molar-refractivity contribution in [2.75, 3.05) is 0 Å². The quantitative estimate of drug-likeness (QED) is 0.491. The number of fused-ring (bicyclic) bond motifs is 3. The summed E-state index contributed by atoms with van der Waals surface area (Å²) in [7, 11) is 1.84. The van der Waals surface area contributed by atoms with E-state index in [1.54, 1.807) is 41.9 Å². The average Bonchev–Trinajstić information content (AvgIpc) is 3.44. The number of H-pyrrole nitrogens is 1. The first kappa shape index (κ1) is 17.3. The topological polar surface area (TPSA) is 118 Å². The molecule has 0 aliphatic heterocycles. The molecule has 10 heteroatoms. The van der Waals surface area contributed by atoms with Crippen molar-refractivity contribution in [1.29, 1.82) is 5.26 Å². The van der Waals surface area contributed by atoms with Gasteiger partial charge in [-0.05, 0) is 18.2 Å². The van der Waals surface area contributed by atoms with Gasteiger partial charge < -0.3 is 4.57 Å². The van der Waals surface area contributed by atoms with Crippen LogP contribution in [0.2, 0.25) is 0 Å². The molecule has 5 rings (SSSR count). The van der Waals surface area contributed by atoms with Crippen LogP contribution in [0.4, 0.5) is 0 Å². The van der Waals surface area contributed by atoms with E-state index < -0.39 is 0 Å². The summed E-state index contributed by atoms with van der Waals surface area (Å²) in [5.74, 6) is 0. The van der Waals surface area contributed by atoms with Gasteiger partial charge in [-0.25, -0.2) is 14.6 Å². The van der Waals surface area contributed by atoms with Gasteiger partial charge in [0.25, 0.3) is 5.56 Å². The zero-order chi connectivity index (χ0) is 20.0. The fraction of sp³-hybridized carbons (Fsp3) is 0.158. The van der Waals surface area contributed by atoms with E-state index in [4.69, 9.17) is 10.2 Å². The first-order valence-electron chi connectivity index (χ1n) is 8.82. The van der Waals surface area contributed by atoms with E-state index in [0.29, 0.717) is 23.3 Å². The van der Waals surface area contributed by atoms with Crippen LogP contribution in [-0.2, 0) is 20.0 Å². The summed E-state index contributed by atoms with van der Waals surface area (Å²) in [5.41, 5.74) is 3.01. The van der Waals surface area contributed by atoms with Crippen molar-refractivity contribution in [3.05, 3.63) is 69.1 Å². The summed E-state index contributed by atoms with van der Waals surface area (Å²) < 4.78 is 4.12. The van der Waals surface area contributed by atoms with Gasteiger partial charge in [0.1, 0.15) is 22.3 Å². The Hall–Kier alpha value is -3.84. The Morgan fingerprint density at radius 3 is 2.97 bits per heavy atom. The predicted molar refractivity (Wildman–Crippen MR) is 108 cm³/mol. The van der Waals surface area contributed by atoms with Crippen LogP contribution in [0, 0.1) is 11.3 Å². The minimum Gasteiger partial charge on any atom is -0.323 e. The smallest absolute Gasteiger partial charge is 0.291 e. The fourth-order valence-electron chi connectivity index (χ4n) is 3.35. The molecule has 29 heavy (non-hydrogen) atoms. The normalized spacial score (nSPS) is 11.3. The van der Waals surface area contributed by atoms with Crippen molar-refractivity contribution < 1.29 is 0 Å². The van der Waals surface area contributed by atoms with Crippen LogP contribution in [0.1, 0.15) is 22.1 Å². The van der Waals surface area contributed by atoms with Gasteiger partial charge in [-0.3, -0.25) is 9.89 Å². The number of aromatic amines is 1. The second-order valence-corrected chi connectivity index (χ2v) is 7.66. The summed E-state index contributed by atoms with van der Waals surface area (Å²) in [4.78, 5) is 22.0. The van der Waals surface area contributed by atoms with Crippen molar-refractivity contribution in [2.45, 2.75) is 13.0 Å². The summed E-state index contributed by atoms with van der Waals surface area (Å²) in [6, 6.07) is 9.06. The van der Waals surface area contributed by atoms with Crippen LogP contribution in [0.25, 0.3) is 21.3 Å². The largest absolute Gasteiger partial charge is 0.323 e. The van der Waals surface area contributed by atoms with Gasteiger partial charge in [0.2, 0.25) is 0 Å². The van der Waals surface area contributed by atoms with Crippen molar-refractivity contribution in [3.8, 4) is 6.07 Å². The van der Waals surface area contributed by atoms with Crippen molar-refractivity contribution in [1.82, 2.24) is 34.5 Å². The zero-order valence-corrected chi connectivity index (χ0v) is 16.1. The van der Waals surface area contributed by atoms with Crippen LogP contribution in [-0.4, -0.2) is 34.5 Å². The van der Waals surface area contributed by atoms with Gasteiger partial charge in [-0.2, -0.15) is 15.5 Å². The monoisotopic (exact) mass is 402 g/mol. The number of rotatable bonds is 4. The molecule has 0 saturated heterocycles. The lowest BCUT2D eigenvalue weighted by Crippen LogP contribution is -2.25. The van der Waals surface area contributed by atoms with Crippen LogP contribution < -0.4 is 5.56 Å². The molecule has 9 nitrogen and oxygen atoms in total. The number of pyridine rings is 1. The molecule has 0 unspecified atom stereocenters. The molecule has 0 fully saturated rings. The molecule has 0 aromatic carbocycles. The number of nitrogens with zero attached hydrogens (tertiary/aromatic N) is 7. The van der Waals surface area contributed by atoms with Gasteiger partial charge in [-0.15, -0.1) is 11.3 Å². The van der Waals surface area contributed by atoms with Crippen LogP contribution in [0.5, 0.6) is 0 Å². The van der Waals surface area contributed by atoms with Crippen LogP contribution in [0.15, 0.2) is 41.5 Å². The molecule has 5 aromatic heterocycles. The van der Waals surface area contributed by atoms with Gasteiger partial charge in [0.05, 0.1) is 23.1 Å². The Labute approximate surface area is 167 Å². The summed E-state index contributed by atoms with van der Waals surface area (Å²) >= 11 is 1.55. The standard InChI is InChI=1S/C19H14N8OS/c1-26-16-14(17-18(26)24-15(29-17)7-11-5-6-21-25-11)9-22-27(19(16)28)10-13-4-2-3-12(8-20)23-13/h2-6,9H,7,10H2,1H3,(H,21,25). The Morgan fingerprint density at radius 1 is 1.28 bits per heavy atom. The SMILES string of the molecule is Cn1c2nc(Cc3ccn[nH]3)sc2c2cnn(Cc3cccc(C#N)n3)c(=O)c21. The maximum Gasteiger partial charge on any atom is 0.291 e. The molecule has 0 bridgehead atoms. The molecular formula is C19H14N8OS. The van der Waals surface area contributed by atoms with Gasteiger partial charge in [0, 0.05) is 30.7 Å². The molecule has 0 atom stereocenters. The molecule has 5 aromatic rings. The van der Waals surface area contributed by atoms with E-state index in [9.17, 15) is 4.79 Å². The lowest BCUT2D eigenvalue weighted by Gasteiger charge is -2.05. The van der Waals surface area contributed by atoms with E-state index in [1.165, 1.54) is 4.68 Å². The molecule has 0 aliphatic carbocycles. The van der Waals surface area contributed by atoms with Crippen LogP contribution >= 0.6 is 11.3 Å². The highest BCUT2D eigenvalue weighted by Crippen LogP contribution is 2.31. The summed E-state index contributed by atoms with van der Waals surface area (Å²) in [6.07, 6.45) is 4.07. The Bertz CT molecular complexity index is 1450. The Balaban J connectivity index is 1.57. The molecule has 142 valence electrons. The lowest BCUT2D eigenvalue weighted by atomic mass is 10.3. The van der Waals surface area contributed by atoms with Crippen LogP contribution in [0.3, 0.4) is 0 Å². The second kappa shape index (κ2) is 6.65. The number of nitrogens with one attached hydrogen (secondary N) is 1. The molecule has 1 N–H and O–H groups in total. The lowest BCUT2D eigenvalue weighted by molar-refractivity contribution is 0.632. The third-order valence-corrected chi connectivity index (χ3v) is 5.78. The van der Waals surface area contributed by atoms with Crippen molar-refractivity contribution >= 4 is 32.6 Å². The molecule has 0 amide bonds. The van der Waals surface area contributed by atoms with Gasteiger partial charge >= 0.3 is 0 Å². The minimum absolute atomic E-state index is 0.196. The highest BCUT2D eigenvalue weighted by molar-refractivity contribution is 7.19. The van der Waals surface area contributed by atoms with E-state index in [0.717, 1.165) is 26.4 Å². The third kappa shape index (κ3) is 2.88. The Morgan fingerprint density at radius 2 is 2.17 bits per heavy atom. The summed E-state index contributed by atoms with van der Waals surface area (Å²) in [5, 5.41) is 22.0. The predicted octanol–water partition coefficient (Wildman–Crippen LogP) is 1.97. The minimum atomic E-state index is -0.213. The van der Waals surface area contributed by atoms with Crippen molar-refractivity contribution in [3.63, 3.8) is 0 Å². The van der Waals surface area contributed by atoms with E-state index in [1.807, 2.05) is 23.8 Å². The highest BCUT2D eigenvalue weighted by Gasteiger charge is 2.18. The molecule has 0 aliphatic rings. The maximum atomic E-state index is 13.1. The van der Waals surface area contributed by atoms with E-state index >= 15 is 0 Å². The van der Waals surface area contributed by atoms with Crippen molar-refractivity contribution in [2.24, 2.45) is 7.05 Å². The molecule has 0 spiro atoms. The van der Waals surface area contributed by atoms with E-state index in [2.05, 4.69) is 20.3 Å².